The molecule has 1 heteroatoms. The molecule has 0 heterocycles. The van der Waals surface area contributed by atoms with Crippen LogP contribution in [0.5, 0.6) is 0 Å². The number of rotatable bonds is 6. The maximum absolute atomic E-state index is 8.71. The Bertz CT molecular complexity index is 302. The molecule has 0 atom stereocenters. The van der Waals surface area contributed by atoms with Crippen molar-refractivity contribution >= 4 is 0 Å². The molecule has 94 valence electrons. The summed E-state index contributed by atoms with van der Waals surface area (Å²) in [5.74, 6) is 0.451. The number of allylic oxidation sites excluding steroid dienone is 8. The third-order valence-electron chi connectivity index (χ3n) is 3.16. The van der Waals surface area contributed by atoms with Gasteiger partial charge in [-0.25, -0.2) is 0 Å². The molecule has 0 aliphatic heterocycles. The average molecular weight is 232 g/mol. The summed E-state index contributed by atoms with van der Waals surface area (Å²) in [5, 5.41) is 8.71. The molecule has 0 saturated carbocycles. The third kappa shape index (κ3) is 5.18. The highest BCUT2D eigenvalue weighted by Crippen LogP contribution is 2.31. The molecule has 1 nitrogen and oxygen atoms in total. The largest absolute Gasteiger partial charge is 0.396 e. The van der Waals surface area contributed by atoms with Crippen LogP contribution >= 0.6 is 0 Å². The van der Waals surface area contributed by atoms with Crippen molar-refractivity contribution in [2.24, 2.45) is 11.3 Å². The molecule has 0 unspecified atom stereocenters. The van der Waals surface area contributed by atoms with Crippen LogP contribution in [0.3, 0.4) is 0 Å². The van der Waals surface area contributed by atoms with Gasteiger partial charge in [0.05, 0.1) is 0 Å². The van der Waals surface area contributed by atoms with E-state index in [4.69, 9.17) is 5.11 Å². The van der Waals surface area contributed by atoms with E-state index in [-0.39, 0.29) is 5.41 Å². The minimum atomic E-state index is 0.151. The summed E-state index contributed by atoms with van der Waals surface area (Å²) in [6.45, 7) is 4.83. The fourth-order valence-corrected chi connectivity index (χ4v) is 1.93. The van der Waals surface area contributed by atoms with Crippen molar-refractivity contribution in [1.82, 2.24) is 0 Å². The van der Waals surface area contributed by atoms with Gasteiger partial charge in [0.25, 0.3) is 0 Å². The van der Waals surface area contributed by atoms with Gasteiger partial charge in [0.1, 0.15) is 0 Å². The number of unbranched alkanes of at least 4 members (excludes halogenated alkanes) is 2. The van der Waals surface area contributed by atoms with Crippen molar-refractivity contribution < 1.29 is 5.11 Å². The zero-order valence-corrected chi connectivity index (χ0v) is 11.0. The summed E-state index contributed by atoms with van der Waals surface area (Å²) < 4.78 is 0. The summed E-state index contributed by atoms with van der Waals surface area (Å²) in [5.41, 5.74) is 0.151. The lowest BCUT2D eigenvalue weighted by Crippen LogP contribution is -2.17. The van der Waals surface area contributed by atoms with Gasteiger partial charge in [0.2, 0.25) is 0 Å². The maximum Gasteiger partial charge on any atom is 0.0431 e. The second-order valence-corrected chi connectivity index (χ2v) is 5.12. The van der Waals surface area contributed by atoms with Crippen LogP contribution in [-0.4, -0.2) is 11.7 Å². The highest BCUT2D eigenvalue weighted by atomic mass is 16.2. The first-order chi connectivity index (χ1) is 8.17. The highest BCUT2D eigenvalue weighted by molar-refractivity contribution is 5.23. The lowest BCUT2D eigenvalue weighted by Gasteiger charge is -2.26. The second kappa shape index (κ2) is 7.29. The van der Waals surface area contributed by atoms with E-state index in [1.807, 2.05) is 0 Å². The zero-order valence-electron chi connectivity index (χ0n) is 11.0. The Morgan fingerprint density at radius 3 is 2.29 bits per heavy atom. The maximum atomic E-state index is 8.71. The summed E-state index contributed by atoms with van der Waals surface area (Å²) in [6.07, 6.45) is 20.4. The fraction of sp³-hybridized carbons (Fsp3) is 0.500. The molecule has 1 rings (SSSR count). The van der Waals surface area contributed by atoms with Gasteiger partial charge in [0, 0.05) is 12.5 Å². The summed E-state index contributed by atoms with van der Waals surface area (Å²) in [4.78, 5) is 0. The van der Waals surface area contributed by atoms with Crippen LogP contribution in [0.4, 0.5) is 0 Å². The smallest absolute Gasteiger partial charge is 0.0431 e. The predicted molar refractivity (Wildman–Crippen MR) is 74.8 cm³/mol. The monoisotopic (exact) mass is 232 g/mol. The van der Waals surface area contributed by atoms with Gasteiger partial charge in [-0.05, 0) is 24.7 Å². The first-order valence-electron chi connectivity index (χ1n) is 6.47. The van der Waals surface area contributed by atoms with Gasteiger partial charge < -0.3 is 5.11 Å². The Hall–Kier alpha value is -1.08. The number of hydrogen-bond donors (Lipinski definition) is 1. The molecule has 1 aliphatic carbocycles. The van der Waals surface area contributed by atoms with Gasteiger partial charge >= 0.3 is 0 Å². The Morgan fingerprint density at radius 2 is 1.71 bits per heavy atom. The summed E-state index contributed by atoms with van der Waals surface area (Å²) in [7, 11) is 0. The second-order valence-electron chi connectivity index (χ2n) is 5.12. The standard InChI is InChI=1S/C16H24O/c1-16(2,13-9-5-6-10-14-17)15-11-7-3-4-8-12-15/h3-4,7-9,11-13,15,17H,5-6,10,14H2,1-2H3/b13-9-. The van der Waals surface area contributed by atoms with Crippen molar-refractivity contribution in [3.05, 3.63) is 48.6 Å². The lowest BCUT2D eigenvalue weighted by atomic mass is 9.78. The van der Waals surface area contributed by atoms with Gasteiger partial charge in [-0.2, -0.15) is 0 Å². The highest BCUT2D eigenvalue weighted by Gasteiger charge is 2.22. The molecule has 0 radical (unpaired) electrons. The number of aliphatic hydroxyl groups is 1. The van der Waals surface area contributed by atoms with E-state index in [1.54, 1.807) is 0 Å². The molecule has 0 aromatic carbocycles. The third-order valence-corrected chi connectivity index (χ3v) is 3.16. The van der Waals surface area contributed by atoms with Crippen LogP contribution in [0.25, 0.3) is 0 Å². The minimum Gasteiger partial charge on any atom is -0.396 e. The van der Waals surface area contributed by atoms with E-state index in [0.717, 1.165) is 19.3 Å². The molecule has 1 N–H and O–H groups in total. The van der Waals surface area contributed by atoms with Crippen LogP contribution in [0, 0.1) is 11.3 Å². The Balaban J connectivity index is 2.49. The molecular formula is C16H24O. The summed E-state index contributed by atoms with van der Waals surface area (Å²) >= 11 is 0. The molecule has 0 spiro atoms. The Morgan fingerprint density at radius 1 is 1.06 bits per heavy atom. The van der Waals surface area contributed by atoms with Crippen LogP contribution in [0.1, 0.15) is 33.1 Å². The van der Waals surface area contributed by atoms with Crippen LogP contribution in [0.2, 0.25) is 0 Å². The van der Waals surface area contributed by atoms with Crippen LogP contribution in [0.15, 0.2) is 48.6 Å². The molecule has 0 saturated heterocycles. The van der Waals surface area contributed by atoms with Crippen molar-refractivity contribution in [1.29, 1.82) is 0 Å². The minimum absolute atomic E-state index is 0.151. The molecule has 0 aromatic heterocycles. The van der Waals surface area contributed by atoms with Crippen LogP contribution < -0.4 is 0 Å². The van der Waals surface area contributed by atoms with E-state index in [0.29, 0.717) is 12.5 Å². The SMILES string of the molecule is CC(C)(/C=C\CCCCO)C1C=CC=CC=C1. The van der Waals surface area contributed by atoms with Gasteiger partial charge in [-0.3, -0.25) is 0 Å². The average Bonchev–Trinajstić information content (AvgIpc) is 2.57. The lowest BCUT2D eigenvalue weighted by molar-refractivity contribution is 0.285. The van der Waals surface area contributed by atoms with Gasteiger partial charge in [0.15, 0.2) is 0 Å². The first kappa shape index (κ1) is 14.0. The van der Waals surface area contributed by atoms with Crippen molar-refractivity contribution in [2.75, 3.05) is 6.61 Å². The Labute approximate surface area is 105 Å². The topological polar surface area (TPSA) is 20.2 Å². The molecule has 17 heavy (non-hydrogen) atoms. The molecular weight excluding hydrogens is 208 g/mol. The van der Waals surface area contributed by atoms with Crippen LogP contribution in [-0.2, 0) is 0 Å². The molecule has 0 fully saturated rings. The van der Waals surface area contributed by atoms with Gasteiger partial charge in [-0.1, -0.05) is 62.5 Å². The van der Waals surface area contributed by atoms with Crippen molar-refractivity contribution in [3.8, 4) is 0 Å². The molecule has 0 aromatic rings. The van der Waals surface area contributed by atoms with E-state index < -0.39 is 0 Å². The van der Waals surface area contributed by atoms with E-state index in [9.17, 15) is 0 Å². The number of hydrogen-bond acceptors (Lipinski definition) is 1. The van der Waals surface area contributed by atoms with E-state index in [1.165, 1.54) is 0 Å². The fourth-order valence-electron chi connectivity index (χ4n) is 1.93. The zero-order chi connectivity index (χ0) is 12.6. The molecule has 1 aliphatic rings. The first-order valence-corrected chi connectivity index (χ1v) is 6.47. The quantitative estimate of drug-likeness (QED) is 0.541. The predicted octanol–water partition coefficient (Wildman–Crippen LogP) is 4.03. The molecule has 0 amide bonds. The van der Waals surface area contributed by atoms with Crippen molar-refractivity contribution in [3.63, 3.8) is 0 Å². The molecule has 0 bridgehead atoms. The normalized spacial score (nSPS) is 16.9. The number of aliphatic hydroxyl groups excluding tert-OH is 1. The summed E-state index contributed by atoms with van der Waals surface area (Å²) in [6, 6.07) is 0. The van der Waals surface area contributed by atoms with Crippen molar-refractivity contribution in [2.45, 2.75) is 33.1 Å². The van der Waals surface area contributed by atoms with E-state index >= 15 is 0 Å². The Kier molecular flexibility index (Phi) is 5.99. The van der Waals surface area contributed by atoms with E-state index in [2.05, 4.69) is 62.5 Å². The van der Waals surface area contributed by atoms with Gasteiger partial charge in [-0.15, -0.1) is 0 Å².